The minimum Gasteiger partial charge on any atom is -0.504 e. The van der Waals surface area contributed by atoms with Gasteiger partial charge >= 0.3 is 0 Å². The van der Waals surface area contributed by atoms with E-state index in [1.54, 1.807) is 6.07 Å². The fraction of sp³-hybridized carbons (Fsp3) is 0.0588. The number of aromatic hydroxyl groups is 2. The predicted octanol–water partition coefficient (Wildman–Crippen LogP) is 8.29. The van der Waals surface area contributed by atoms with E-state index in [0.29, 0.717) is 0 Å². The summed E-state index contributed by atoms with van der Waals surface area (Å²) in [5, 5.41) is 31.4. The molecule has 0 amide bonds. The summed E-state index contributed by atoms with van der Waals surface area (Å²) in [4.78, 5) is 0. The number of hydrogen-bond donors (Lipinski definition) is 2. The Hall–Kier alpha value is -4.56. The van der Waals surface area contributed by atoms with Gasteiger partial charge in [-0.1, -0.05) is 78.9 Å². The van der Waals surface area contributed by atoms with Gasteiger partial charge in [0.2, 0.25) is 0 Å². The van der Waals surface area contributed by atoms with Gasteiger partial charge in [0, 0.05) is 5.56 Å². The molecule has 0 spiro atoms. The Balaban J connectivity index is 1.49. The lowest BCUT2D eigenvalue weighted by molar-refractivity contribution is 0.404. The van der Waals surface area contributed by atoms with E-state index in [1.807, 2.05) is 6.07 Å². The lowest BCUT2D eigenvalue weighted by Crippen LogP contribution is -2.04. The Morgan fingerprint density at radius 2 is 0.972 bits per heavy atom. The first-order valence-corrected chi connectivity index (χ1v) is 12.5. The van der Waals surface area contributed by atoms with Gasteiger partial charge in [0.25, 0.3) is 0 Å². The zero-order valence-corrected chi connectivity index (χ0v) is 19.4. The van der Waals surface area contributed by atoms with Gasteiger partial charge in [-0.05, 0) is 101 Å². The summed E-state index contributed by atoms with van der Waals surface area (Å²) >= 11 is 0. The zero-order valence-electron chi connectivity index (χ0n) is 19.4. The Kier molecular flexibility index (Phi) is 3.21. The molecule has 7 aromatic carbocycles. The number of rotatable bonds is 0. The first kappa shape index (κ1) is 18.7. The number of phenols is 2. The fourth-order valence-electron chi connectivity index (χ4n) is 7.18. The molecule has 0 aliphatic heterocycles. The van der Waals surface area contributed by atoms with Crippen molar-refractivity contribution >= 4 is 43.1 Å². The minimum absolute atomic E-state index is 0.0211. The fourth-order valence-corrected chi connectivity index (χ4v) is 7.18. The normalized spacial score (nSPS) is 13.6. The standard InChI is InChI=1S/C34H20O2/c35-28-14-7-20-16-19-6-9-24-23-8-5-18-15-17-3-1-2-4-21(17)22-10-11-25(32(23)29(18)22)26-12-13-27(30(19)33(24)26)31(20)34(28)36/h1-14,35-36H,15-16H2. The van der Waals surface area contributed by atoms with Gasteiger partial charge in [-0.3, -0.25) is 0 Å². The van der Waals surface area contributed by atoms with Crippen molar-refractivity contribution in [1.29, 1.82) is 0 Å². The highest BCUT2D eigenvalue weighted by Gasteiger charge is 2.27. The van der Waals surface area contributed by atoms with Crippen molar-refractivity contribution in [2.75, 3.05) is 0 Å². The molecule has 2 N–H and O–H groups in total. The van der Waals surface area contributed by atoms with Crippen LogP contribution in [0.25, 0.3) is 65.3 Å². The average Bonchev–Trinajstić information content (AvgIpc) is 2.92. The molecule has 2 heteroatoms. The van der Waals surface area contributed by atoms with E-state index in [1.165, 1.54) is 70.9 Å². The van der Waals surface area contributed by atoms with E-state index >= 15 is 0 Å². The quantitative estimate of drug-likeness (QED) is 0.136. The third-order valence-corrected chi connectivity index (χ3v) is 8.66. The highest BCUT2D eigenvalue weighted by atomic mass is 16.3. The van der Waals surface area contributed by atoms with Crippen LogP contribution in [0, 0.1) is 0 Å². The maximum Gasteiger partial charge on any atom is 0.165 e. The van der Waals surface area contributed by atoms with Crippen LogP contribution >= 0.6 is 0 Å². The molecule has 0 atom stereocenters. The van der Waals surface area contributed by atoms with Crippen molar-refractivity contribution in [2.24, 2.45) is 0 Å². The summed E-state index contributed by atoms with van der Waals surface area (Å²) in [7, 11) is 0. The van der Waals surface area contributed by atoms with E-state index in [4.69, 9.17) is 0 Å². The second-order valence-corrected chi connectivity index (χ2v) is 10.3. The van der Waals surface area contributed by atoms with Crippen LogP contribution in [0.1, 0.15) is 22.3 Å². The van der Waals surface area contributed by atoms with Crippen molar-refractivity contribution in [3.8, 4) is 33.8 Å². The van der Waals surface area contributed by atoms with Crippen molar-refractivity contribution < 1.29 is 10.2 Å². The Bertz CT molecular complexity index is 2100. The van der Waals surface area contributed by atoms with Crippen molar-refractivity contribution in [2.45, 2.75) is 12.8 Å². The smallest absolute Gasteiger partial charge is 0.165 e. The molecule has 0 bridgehead atoms. The van der Waals surface area contributed by atoms with Crippen LogP contribution in [0.15, 0.2) is 84.9 Å². The molecular weight excluding hydrogens is 440 g/mol. The van der Waals surface area contributed by atoms with Crippen molar-refractivity contribution in [3.63, 3.8) is 0 Å². The molecule has 0 saturated carbocycles. The molecule has 2 nitrogen and oxygen atoms in total. The van der Waals surface area contributed by atoms with Crippen LogP contribution in [0.5, 0.6) is 11.5 Å². The predicted molar refractivity (Wildman–Crippen MR) is 147 cm³/mol. The second kappa shape index (κ2) is 6.16. The summed E-state index contributed by atoms with van der Waals surface area (Å²) in [6, 6.07) is 30.5. The second-order valence-electron chi connectivity index (χ2n) is 10.3. The highest BCUT2D eigenvalue weighted by Crippen LogP contribution is 2.52. The van der Waals surface area contributed by atoms with Gasteiger partial charge in [-0.25, -0.2) is 0 Å². The first-order valence-electron chi connectivity index (χ1n) is 12.5. The lowest BCUT2D eigenvalue weighted by Gasteiger charge is -2.26. The monoisotopic (exact) mass is 460 g/mol. The Morgan fingerprint density at radius 1 is 0.417 bits per heavy atom. The summed E-state index contributed by atoms with van der Waals surface area (Å²) in [5.41, 5.74) is 9.55. The van der Waals surface area contributed by atoms with Gasteiger partial charge in [-0.2, -0.15) is 0 Å². The molecule has 0 heterocycles. The topological polar surface area (TPSA) is 40.5 Å². The zero-order chi connectivity index (χ0) is 23.7. The molecule has 0 fully saturated rings. The molecule has 2 aliphatic rings. The van der Waals surface area contributed by atoms with E-state index in [2.05, 4.69) is 72.8 Å². The van der Waals surface area contributed by atoms with E-state index < -0.39 is 0 Å². The van der Waals surface area contributed by atoms with Crippen LogP contribution in [-0.4, -0.2) is 10.2 Å². The van der Waals surface area contributed by atoms with Crippen molar-refractivity contribution in [1.82, 2.24) is 0 Å². The van der Waals surface area contributed by atoms with E-state index in [9.17, 15) is 10.2 Å². The Labute approximate surface area is 207 Å². The molecule has 0 saturated heterocycles. The van der Waals surface area contributed by atoms with Crippen LogP contribution in [-0.2, 0) is 12.8 Å². The van der Waals surface area contributed by atoms with Gasteiger partial charge in [0.15, 0.2) is 11.5 Å². The summed E-state index contributed by atoms with van der Waals surface area (Å²) in [6.07, 6.45) is 1.70. The molecule has 0 unspecified atom stereocenters. The number of fused-ring (bicyclic) bond motifs is 6. The third kappa shape index (κ3) is 2.06. The maximum atomic E-state index is 10.8. The molecule has 9 rings (SSSR count). The molecule has 36 heavy (non-hydrogen) atoms. The molecule has 168 valence electrons. The molecular formula is C34H20O2. The Morgan fingerprint density at radius 3 is 1.69 bits per heavy atom. The van der Waals surface area contributed by atoms with E-state index in [0.717, 1.165) is 29.5 Å². The van der Waals surface area contributed by atoms with Gasteiger partial charge < -0.3 is 10.2 Å². The van der Waals surface area contributed by atoms with Gasteiger partial charge in [-0.15, -0.1) is 0 Å². The number of benzene rings is 7. The van der Waals surface area contributed by atoms with Gasteiger partial charge in [0.05, 0.1) is 0 Å². The molecule has 0 radical (unpaired) electrons. The first-order chi connectivity index (χ1) is 17.7. The van der Waals surface area contributed by atoms with Crippen molar-refractivity contribution in [3.05, 3.63) is 107 Å². The minimum atomic E-state index is -0.0671. The molecule has 2 aliphatic carbocycles. The summed E-state index contributed by atoms with van der Waals surface area (Å²) < 4.78 is 0. The third-order valence-electron chi connectivity index (χ3n) is 8.66. The molecule has 7 aromatic rings. The van der Waals surface area contributed by atoms with Crippen LogP contribution < -0.4 is 0 Å². The SMILES string of the molecule is Oc1ccc2c(c1O)-c1ccc3c4ccc5c6c(ccc(c7ccc(c1c73)C2)c64)Cc1ccccc1-5. The van der Waals surface area contributed by atoms with E-state index in [-0.39, 0.29) is 11.5 Å². The lowest BCUT2D eigenvalue weighted by atomic mass is 9.77. The highest BCUT2D eigenvalue weighted by molar-refractivity contribution is 6.36. The maximum absolute atomic E-state index is 10.8. The van der Waals surface area contributed by atoms with Crippen LogP contribution in [0.2, 0.25) is 0 Å². The number of phenolic OH excluding ortho intramolecular Hbond substituents is 2. The summed E-state index contributed by atoms with van der Waals surface area (Å²) in [6.45, 7) is 0. The van der Waals surface area contributed by atoms with Gasteiger partial charge in [0.1, 0.15) is 0 Å². The van der Waals surface area contributed by atoms with Crippen LogP contribution in [0.3, 0.4) is 0 Å². The number of hydrogen-bond acceptors (Lipinski definition) is 2. The largest absolute Gasteiger partial charge is 0.504 e. The average molecular weight is 461 g/mol. The van der Waals surface area contributed by atoms with Crippen LogP contribution in [0.4, 0.5) is 0 Å². The summed E-state index contributed by atoms with van der Waals surface area (Å²) in [5.74, 6) is -0.0881. The molecule has 0 aromatic heterocycles.